The average Bonchev–Trinajstić information content (AvgIpc) is 3.25. The molecule has 2 fully saturated rings. The topological polar surface area (TPSA) is 133 Å². The van der Waals surface area contributed by atoms with E-state index < -0.39 is 30.0 Å². The van der Waals surface area contributed by atoms with Crippen LogP contribution in [-0.4, -0.2) is 70.3 Å². The SMILES string of the molecule is COC(=O)[C@@H]1CCCCN1C(=O)[C@H](Cc1cnc[nH]1)NC(=O)[C@@H]1CCCC(=O)N1. The van der Waals surface area contributed by atoms with Crippen molar-refractivity contribution in [3.05, 3.63) is 18.2 Å². The van der Waals surface area contributed by atoms with Crippen molar-refractivity contribution in [2.75, 3.05) is 13.7 Å². The van der Waals surface area contributed by atoms with Crippen molar-refractivity contribution in [1.29, 1.82) is 0 Å². The summed E-state index contributed by atoms with van der Waals surface area (Å²) in [5.41, 5.74) is 0.683. The molecule has 3 amide bonds. The van der Waals surface area contributed by atoms with Gasteiger partial charge in [0.25, 0.3) is 0 Å². The number of piperidine rings is 2. The molecule has 0 spiro atoms. The number of aromatic amines is 1. The van der Waals surface area contributed by atoms with E-state index in [9.17, 15) is 19.2 Å². The zero-order chi connectivity index (χ0) is 20.8. The Hall–Kier alpha value is -2.91. The molecule has 0 saturated carbocycles. The van der Waals surface area contributed by atoms with Crippen LogP contribution < -0.4 is 10.6 Å². The van der Waals surface area contributed by atoms with Crippen LogP contribution in [0.15, 0.2) is 12.5 Å². The molecule has 0 unspecified atom stereocenters. The number of esters is 1. The lowest BCUT2D eigenvalue weighted by Gasteiger charge is -2.36. The third-order valence-electron chi connectivity index (χ3n) is 5.40. The minimum Gasteiger partial charge on any atom is -0.467 e. The Morgan fingerprint density at radius 3 is 2.83 bits per heavy atom. The van der Waals surface area contributed by atoms with Gasteiger partial charge in [-0.3, -0.25) is 14.4 Å². The van der Waals surface area contributed by atoms with Crippen LogP contribution in [0.25, 0.3) is 0 Å². The Kier molecular flexibility index (Phi) is 6.84. The highest BCUT2D eigenvalue weighted by atomic mass is 16.5. The van der Waals surface area contributed by atoms with Crippen molar-refractivity contribution in [2.24, 2.45) is 0 Å². The number of carbonyl (C=O) groups is 4. The van der Waals surface area contributed by atoms with Gasteiger partial charge < -0.3 is 25.3 Å². The first-order chi connectivity index (χ1) is 14.0. The molecule has 1 aromatic rings. The summed E-state index contributed by atoms with van der Waals surface area (Å²) in [7, 11) is 1.30. The molecule has 3 atom stereocenters. The predicted octanol–water partition coefficient (Wildman–Crippen LogP) is -0.340. The summed E-state index contributed by atoms with van der Waals surface area (Å²) >= 11 is 0. The van der Waals surface area contributed by atoms with Crippen LogP contribution in [-0.2, 0) is 30.3 Å². The molecule has 3 rings (SSSR count). The number of ether oxygens (including phenoxy) is 1. The molecule has 2 aliphatic rings. The van der Waals surface area contributed by atoms with E-state index in [1.54, 1.807) is 6.20 Å². The number of nitrogens with one attached hydrogen (secondary N) is 3. The minimum absolute atomic E-state index is 0.172. The highest BCUT2D eigenvalue weighted by Gasteiger charge is 2.37. The summed E-state index contributed by atoms with van der Waals surface area (Å²) in [6.45, 7) is 0.425. The Balaban J connectivity index is 1.76. The molecular formula is C19H27N5O5. The molecule has 0 radical (unpaired) electrons. The summed E-state index contributed by atoms with van der Waals surface area (Å²) in [6, 6.07) is -2.20. The fourth-order valence-electron chi connectivity index (χ4n) is 3.87. The molecule has 10 nitrogen and oxygen atoms in total. The van der Waals surface area contributed by atoms with E-state index in [1.807, 2.05) is 0 Å². The lowest BCUT2D eigenvalue weighted by Crippen LogP contribution is -2.59. The van der Waals surface area contributed by atoms with Gasteiger partial charge in [-0.05, 0) is 32.1 Å². The van der Waals surface area contributed by atoms with Crippen LogP contribution in [0.3, 0.4) is 0 Å². The van der Waals surface area contributed by atoms with Gasteiger partial charge in [-0.25, -0.2) is 9.78 Å². The van der Waals surface area contributed by atoms with E-state index in [-0.39, 0.29) is 18.2 Å². The highest BCUT2D eigenvalue weighted by Crippen LogP contribution is 2.20. The minimum atomic E-state index is -0.882. The number of likely N-dealkylation sites (tertiary alicyclic amines) is 1. The van der Waals surface area contributed by atoms with Crippen LogP contribution in [0.4, 0.5) is 0 Å². The predicted molar refractivity (Wildman–Crippen MR) is 101 cm³/mol. The monoisotopic (exact) mass is 405 g/mol. The molecule has 29 heavy (non-hydrogen) atoms. The quantitative estimate of drug-likeness (QED) is 0.555. The standard InChI is InChI=1S/C19H27N5O5/c1-29-19(28)15-6-2-3-8-24(15)18(27)14(9-12-10-20-11-21-12)23-17(26)13-5-4-7-16(25)22-13/h10-11,13-15H,2-9H2,1H3,(H,20,21)(H,22,25)(H,23,26)/t13-,14-,15-/m0/s1. The molecule has 158 valence electrons. The summed E-state index contributed by atoms with van der Waals surface area (Å²) in [4.78, 5) is 58.2. The normalized spacial score (nSPS) is 23.1. The molecule has 10 heteroatoms. The second-order valence-electron chi connectivity index (χ2n) is 7.42. The van der Waals surface area contributed by atoms with Gasteiger partial charge in [0, 0.05) is 31.3 Å². The zero-order valence-corrected chi connectivity index (χ0v) is 16.5. The fourth-order valence-corrected chi connectivity index (χ4v) is 3.87. The zero-order valence-electron chi connectivity index (χ0n) is 16.5. The summed E-state index contributed by atoms with van der Waals surface area (Å²) < 4.78 is 4.86. The highest BCUT2D eigenvalue weighted by molar-refractivity contribution is 5.94. The molecule has 1 aromatic heterocycles. The average molecular weight is 405 g/mol. The van der Waals surface area contributed by atoms with Gasteiger partial charge >= 0.3 is 5.97 Å². The summed E-state index contributed by atoms with van der Waals surface area (Å²) in [6.07, 6.45) is 6.97. The smallest absolute Gasteiger partial charge is 0.328 e. The van der Waals surface area contributed by atoms with Crippen molar-refractivity contribution >= 4 is 23.7 Å². The molecule has 3 N–H and O–H groups in total. The van der Waals surface area contributed by atoms with Crippen LogP contribution in [0, 0.1) is 0 Å². The molecule has 0 aliphatic carbocycles. The van der Waals surface area contributed by atoms with E-state index in [2.05, 4.69) is 20.6 Å². The number of H-pyrrole nitrogens is 1. The molecule has 0 aromatic carbocycles. The maximum absolute atomic E-state index is 13.3. The van der Waals surface area contributed by atoms with E-state index in [1.165, 1.54) is 18.3 Å². The number of methoxy groups -OCH3 is 1. The fraction of sp³-hybridized carbons (Fsp3) is 0.632. The van der Waals surface area contributed by atoms with Gasteiger partial charge in [0.05, 0.1) is 13.4 Å². The number of carbonyl (C=O) groups excluding carboxylic acids is 4. The molecular weight excluding hydrogens is 378 g/mol. The van der Waals surface area contributed by atoms with E-state index in [0.717, 1.165) is 12.8 Å². The first-order valence-electron chi connectivity index (χ1n) is 9.95. The first-order valence-corrected chi connectivity index (χ1v) is 9.95. The van der Waals surface area contributed by atoms with Crippen molar-refractivity contribution in [1.82, 2.24) is 25.5 Å². The third-order valence-corrected chi connectivity index (χ3v) is 5.40. The maximum Gasteiger partial charge on any atom is 0.328 e. The third kappa shape index (κ3) is 5.12. The van der Waals surface area contributed by atoms with Crippen LogP contribution >= 0.6 is 0 Å². The Morgan fingerprint density at radius 1 is 1.31 bits per heavy atom. The number of amides is 3. The number of rotatable bonds is 6. The second kappa shape index (κ2) is 9.53. The molecule has 3 heterocycles. The van der Waals surface area contributed by atoms with Gasteiger partial charge in [0.15, 0.2) is 0 Å². The van der Waals surface area contributed by atoms with Crippen molar-refractivity contribution in [3.8, 4) is 0 Å². The Bertz CT molecular complexity index is 750. The Morgan fingerprint density at radius 2 is 2.14 bits per heavy atom. The van der Waals surface area contributed by atoms with Crippen molar-refractivity contribution in [2.45, 2.75) is 63.1 Å². The summed E-state index contributed by atoms with van der Waals surface area (Å²) in [5, 5.41) is 5.44. The first kappa shape index (κ1) is 20.8. The van der Waals surface area contributed by atoms with Gasteiger partial charge in [-0.1, -0.05) is 0 Å². The van der Waals surface area contributed by atoms with E-state index in [0.29, 0.717) is 37.9 Å². The maximum atomic E-state index is 13.3. The lowest BCUT2D eigenvalue weighted by atomic mass is 9.99. The molecule has 0 bridgehead atoms. The van der Waals surface area contributed by atoms with Crippen molar-refractivity contribution < 1.29 is 23.9 Å². The largest absolute Gasteiger partial charge is 0.467 e. The van der Waals surface area contributed by atoms with Gasteiger partial charge in [0.1, 0.15) is 18.1 Å². The van der Waals surface area contributed by atoms with Crippen LogP contribution in [0.5, 0.6) is 0 Å². The summed E-state index contributed by atoms with van der Waals surface area (Å²) in [5.74, 6) is -1.37. The number of hydrogen-bond donors (Lipinski definition) is 3. The molecule has 2 aliphatic heterocycles. The lowest BCUT2D eigenvalue weighted by molar-refractivity contribution is -0.155. The van der Waals surface area contributed by atoms with E-state index in [4.69, 9.17) is 4.74 Å². The number of nitrogens with zero attached hydrogens (tertiary/aromatic N) is 2. The number of aromatic nitrogens is 2. The van der Waals surface area contributed by atoms with Crippen LogP contribution in [0.1, 0.15) is 44.2 Å². The van der Waals surface area contributed by atoms with Crippen LogP contribution in [0.2, 0.25) is 0 Å². The van der Waals surface area contributed by atoms with Crippen molar-refractivity contribution in [3.63, 3.8) is 0 Å². The number of hydrogen-bond acceptors (Lipinski definition) is 6. The van der Waals surface area contributed by atoms with Gasteiger partial charge in [-0.2, -0.15) is 0 Å². The van der Waals surface area contributed by atoms with E-state index >= 15 is 0 Å². The Labute approximate surface area is 168 Å². The van der Waals surface area contributed by atoms with Gasteiger partial charge in [-0.15, -0.1) is 0 Å². The number of imidazole rings is 1. The second-order valence-corrected chi connectivity index (χ2v) is 7.42. The molecule has 2 saturated heterocycles. The van der Waals surface area contributed by atoms with Gasteiger partial charge in [0.2, 0.25) is 17.7 Å².